The Balaban J connectivity index is 2.17. The van der Waals surface area contributed by atoms with Gasteiger partial charge in [0.1, 0.15) is 0 Å². The zero-order valence-electron chi connectivity index (χ0n) is 11.8. The van der Waals surface area contributed by atoms with E-state index in [1.807, 2.05) is 26.0 Å². The van der Waals surface area contributed by atoms with E-state index in [1.54, 1.807) is 6.07 Å². The van der Waals surface area contributed by atoms with Gasteiger partial charge in [-0.3, -0.25) is 0 Å². The molecular weight excluding hydrogens is 258 g/mol. The highest BCUT2D eigenvalue weighted by Gasteiger charge is 2.22. The van der Waals surface area contributed by atoms with E-state index in [9.17, 15) is 8.42 Å². The van der Waals surface area contributed by atoms with Crippen molar-refractivity contribution in [2.24, 2.45) is 0 Å². The van der Waals surface area contributed by atoms with Crippen LogP contribution in [0.15, 0.2) is 23.1 Å². The number of aryl methyl sites for hydroxylation is 2. The number of benzene rings is 1. The fraction of sp³-hybridized carbons (Fsp3) is 0.600. The monoisotopic (exact) mass is 281 g/mol. The number of rotatable bonds is 3. The summed E-state index contributed by atoms with van der Waals surface area (Å²) in [5.74, 6) is 0. The summed E-state index contributed by atoms with van der Waals surface area (Å²) in [6, 6.07) is 5.59. The van der Waals surface area contributed by atoms with Gasteiger partial charge in [-0.2, -0.15) is 0 Å². The molecule has 0 unspecified atom stereocenters. The van der Waals surface area contributed by atoms with Crippen LogP contribution in [0.5, 0.6) is 0 Å². The summed E-state index contributed by atoms with van der Waals surface area (Å²) in [6.45, 7) is 3.83. The van der Waals surface area contributed by atoms with E-state index in [4.69, 9.17) is 0 Å². The molecule has 0 spiro atoms. The first-order chi connectivity index (χ1) is 8.99. The second-order valence-corrected chi connectivity index (χ2v) is 7.26. The van der Waals surface area contributed by atoms with Crippen molar-refractivity contribution in [2.75, 3.05) is 0 Å². The molecule has 1 saturated carbocycles. The average molecular weight is 281 g/mol. The maximum atomic E-state index is 12.4. The summed E-state index contributed by atoms with van der Waals surface area (Å²) in [7, 11) is -3.37. The van der Waals surface area contributed by atoms with Gasteiger partial charge in [0.15, 0.2) is 0 Å². The second kappa shape index (κ2) is 6.06. The molecule has 1 N–H and O–H groups in total. The van der Waals surface area contributed by atoms with Crippen LogP contribution >= 0.6 is 0 Å². The van der Waals surface area contributed by atoms with Gasteiger partial charge in [-0.15, -0.1) is 0 Å². The minimum atomic E-state index is -3.37. The van der Waals surface area contributed by atoms with E-state index in [0.29, 0.717) is 4.90 Å². The molecule has 0 radical (unpaired) electrons. The van der Waals surface area contributed by atoms with Crippen LogP contribution in [-0.2, 0) is 10.0 Å². The molecule has 0 aliphatic heterocycles. The summed E-state index contributed by atoms with van der Waals surface area (Å²) in [4.78, 5) is 0.419. The van der Waals surface area contributed by atoms with E-state index in [2.05, 4.69) is 4.72 Å². The van der Waals surface area contributed by atoms with E-state index < -0.39 is 10.0 Å². The molecule has 0 heterocycles. The SMILES string of the molecule is Cc1ccc(S(=O)(=O)NC2CCCCCC2)c(C)c1. The van der Waals surface area contributed by atoms with E-state index in [0.717, 1.165) is 36.8 Å². The number of sulfonamides is 1. The van der Waals surface area contributed by atoms with Crippen LogP contribution in [0.25, 0.3) is 0 Å². The predicted molar refractivity (Wildman–Crippen MR) is 77.7 cm³/mol. The molecule has 2 rings (SSSR count). The molecule has 0 saturated heterocycles. The molecule has 4 heteroatoms. The van der Waals surface area contributed by atoms with Gasteiger partial charge in [0, 0.05) is 6.04 Å². The van der Waals surface area contributed by atoms with Crippen LogP contribution in [-0.4, -0.2) is 14.5 Å². The Kier molecular flexibility index (Phi) is 4.63. The molecule has 19 heavy (non-hydrogen) atoms. The van der Waals surface area contributed by atoms with E-state index >= 15 is 0 Å². The van der Waals surface area contributed by atoms with Crippen LogP contribution in [0.2, 0.25) is 0 Å². The number of hydrogen-bond donors (Lipinski definition) is 1. The van der Waals surface area contributed by atoms with Crippen LogP contribution < -0.4 is 4.72 Å². The van der Waals surface area contributed by atoms with Gasteiger partial charge in [-0.25, -0.2) is 13.1 Å². The summed E-state index contributed by atoms with van der Waals surface area (Å²) < 4.78 is 27.8. The Bertz CT molecular complexity index is 529. The van der Waals surface area contributed by atoms with Gasteiger partial charge in [-0.05, 0) is 38.3 Å². The van der Waals surface area contributed by atoms with Crippen molar-refractivity contribution in [1.29, 1.82) is 0 Å². The second-order valence-electron chi connectivity index (χ2n) is 5.58. The first-order valence-electron chi connectivity index (χ1n) is 7.08. The van der Waals surface area contributed by atoms with Gasteiger partial charge in [0.05, 0.1) is 4.90 Å². The molecule has 0 bridgehead atoms. The van der Waals surface area contributed by atoms with E-state index in [-0.39, 0.29) is 6.04 Å². The summed E-state index contributed by atoms with van der Waals surface area (Å²) >= 11 is 0. The lowest BCUT2D eigenvalue weighted by atomic mass is 10.1. The fourth-order valence-electron chi connectivity index (χ4n) is 2.78. The highest BCUT2D eigenvalue weighted by atomic mass is 32.2. The molecule has 1 aromatic rings. The van der Waals surface area contributed by atoms with Gasteiger partial charge >= 0.3 is 0 Å². The third-order valence-electron chi connectivity index (χ3n) is 3.80. The minimum absolute atomic E-state index is 0.105. The Morgan fingerprint density at radius 1 is 1.05 bits per heavy atom. The minimum Gasteiger partial charge on any atom is -0.208 e. The highest BCUT2D eigenvalue weighted by Crippen LogP contribution is 2.21. The maximum absolute atomic E-state index is 12.4. The van der Waals surface area contributed by atoms with Gasteiger partial charge < -0.3 is 0 Å². The lowest BCUT2D eigenvalue weighted by Gasteiger charge is -2.17. The van der Waals surface area contributed by atoms with Crippen LogP contribution in [0.4, 0.5) is 0 Å². The molecule has 0 aromatic heterocycles. The van der Waals surface area contributed by atoms with Crippen molar-refractivity contribution in [2.45, 2.75) is 63.3 Å². The van der Waals surface area contributed by atoms with Crippen LogP contribution in [0, 0.1) is 13.8 Å². The normalized spacial score (nSPS) is 18.2. The highest BCUT2D eigenvalue weighted by molar-refractivity contribution is 7.89. The van der Waals surface area contributed by atoms with Gasteiger partial charge in [0.25, 0.3) is 0 Å². The third kappa shape index (κ3) is 3.80. The average Bonchev–Trinajstić information content (AvgIpc) is 2.56. The summed E-state index contributed by atoms with van der Waals surface area (Å²) in [5.41, 5.74) is 1.91. The molecule has 0 amide bonds. The first kappa shape index (κ1) is 14.5. The number of nitrogens with one attached hydrogen (secondary N) is 1. The quantitative estimate of drug-likeness (QED) is 0.864. The van der Waals surface area contributed by atoms with Crippen molar-refractivity contribution in [3.05, 3.63) is 29.3 Å². The molecule has 1 aliphatic rings. The first-order valence-corrected chi connectivity index (χ1v) is 8.57. The maximum Gasteiger partial charge on any atom is 0.241 e. The van der Waals surface area contributed by atoms with Crippen LogP contribution in [0.3, 0.4) is 0 Å². The molecule has 1 fully saturated rings. The smallest absolute Gasteiger partial charge is 0.208 e. The van der Waals surface area contributed by atoms with Crippen LogP contribution in [0.1, 0.15) is 49.7 Å². The Labute approximate surface area is 116 Å². The van der Waals surface area contributed by atoms with Crippen molar-refractivity contribution >= 4 is 10.0 Å². The molecule has 106 valence electrons. The summed E-state index contributed by atoms with van der Waals surface area (Å²) in [6.07, 6.45) is 6.62. The van der Waals surface area contributed by atoms with Gasteiger partial charge in [0.2, 0.25) is 10.0 Å². The summed E-state index contributed by atoms with van der Waals surface area (Å²) in [5, 5.41) is 0. The molecule has 3 nitrogen and oxygen atoms in total. The molecule has 1 aromatic carbocycles. The third-order valence-corrected chi connectivity index (χ3v) is 5.48. The van der Waals surface area contributed by atoms with Crippen molar-refractivity contribution in [3.63, 3.8) is 0 Å². The molecular formula is C15H23NO2S. The number of hydrogen-bond acceptors (Lipinski definition) is 2. The molecule has 0 atom stereocenters. The lowest BCUT2D eigenvalue weighted by molar-refractivity contribution is 0.509. The molecule has 1 aliphatic carbocycles. The fourth-order valence-corrected chi connectivity index (χ4v) is 4.31. The van der Waals surface area contributed by atoms with E-state index in [1.165, 1.54) is 12.8 Å². The Morgan fingerprint density at radius 3 is 2.26 bits per heavy atom. The zero-order valence-corrected chi connectivity index (χ0v) is 12.6. The topological polar surface area (TPSA) is 46.2 Å². The lowest BCUT2D eigenvalue weighted by Crippen LogP contribution is -2.34. The standard InChI is InChI=1S/C15H23NO2S/c1-12-9-10-15(13(2)11-12)19(17,18)16-14-7-5-3-4-6-8-14/h9-11,14,16H,3-8H2,1-2H3. The van der Waals surface area contributed by atoms with Crippen molar-refractivity contribution in [3.8, 4) is 0 Å². The largest absolute Gasteiger partial charge is 0.241 e. The van der Waals surface area contributed by atoms with Crippen molar-refractivity contribution < 1.29 is 8.42 Å². The Morgan fingerprint density at radius 2 is 1.68 bits per heavy atom. The Hall–Kier alpha value is -0.870. The van der Waals surface area contributed by atoms with Gasteiger partial charge in [-0.1, -0.05) is 43.4 Å². The predicted octanol–water partition coefficient (Wildman–Crippen LogP) is 3.30. The zero-order chi connectivity index (χ0) is 13.9. The van der Waals surface area contributed by atoms with Crippen molar-refractivity contribution in [1.82, 2.24) is 4.72 Å².